The van der Waals surface area contributed by atoms with Gasteiger partial charge in [-0.15, -0.1) is 0 Å². The van der Waals surface area contributed by atoms with Gasteiger partial charge in [0, 0.05) is 23.6 Å². The van der Waals surface area contributed by atoms with E-state index < -0.39 is 5.97 Å². The Morgan fingerprint density at radius 1 is 0.938 bits per heavy atom. The van der Waals surface area contributed by atoms with E-state index in [0.29, 0.717) is 48.2 Å². The van der Waals surface area contributed by atoms with E-state index in [0.717, 1.165) is 6.42 Å². The number of rotatable bonds is 9. The average molecular weight is 456 g/mol. The van der Waals surface area contributed by atoms with Crippen LogP contribution in [0.25, 0.3) is 0 Å². The van der Waals surface area contributed by atoms with Crippen LogP contribution in [0, 0.1) is 35.5 Å². The van der Waals surface area contributed by atoms with Gasteiger partial charge in [0.1, 0.15) is 0 Å². The fraction of sp³-hybridized carbons (Fsp3) is 0.520. The zero-order valence-corrected chi connectivity index (χ0v) is 18.5. The lowest BCUT2D eigenvalue weighted by atomic mass is 9.63. The molecule has 1 heterocycles. The maximum atomic E-state index is 12.9. The van der Waals surface area contributed by atoms with Gasteiger partial charge in [-0.3, -0.25) is 24.1 Å². The molecule has 0 unspecified atom stereocenters. The highest BCUT2D eigenvalue weighted by molar-refractivity contribution is 6.30. The predicted octanol–water partition coefficient (Wildman–Crippen LogP) is 3.68. The number of nitrogens with zero attached hydrogens (tertiary/aromatic N) is 1. The van der Waals surface area contributed by atoms with Crippen LogP contribution < -0.4 is 0 Å². The number of esters is 1. The molecule has 0 spiro atoms. The molecule has 32 heavy (non-hydrogen) atoms. The molecule has 0 radical (unpaired) electrons. The van der Waals surface area contributed by atoms with Gasteiger partial charge >= 0.3 is 5.97 Å². The summed E-state index contributed by atoms with van der Waals surface area (Å²) >= 11 is 5.80. The Balaban J connectivity index is 1.02. The number of carbonyl (C=O) groups is 4. The first kappa shape index (κ1) is 21.4. The number of imide groups is 1. The number of ether oxygens (including phenoxy) is 1. The third kappa shape index (κ3) is 3.79. The molecule has 4 aliphatic carbocycles. The number of hydrogen-bond donors (Lipinski definition) is 0. The minimum absolute atomic E-state index is 0.00446. The monoisotopic (exact) mass is 455 g/mol. The molecule has 0 N–H and O–H groups in total. The summed E-state index contributed by atoms with van der Waals surface area (Å²) in [5.41, 5.74) is 0.448. The lowest BCUT2D eigenvalue weighted by Gasteiger charge is -2.37. The second-order valence-electron chi connectivity index (χ2n) is 9.38. The largest absolute Gasteiger partial charge is 0.457 e. The Morgan fingerprint density at radius 2 is 1.56 bits per heavy atom. The number of benzene rings is 1. The minimum Gasteiger partial charge on any atom is -0.457 e. The third-order valence-corrected chi connectivity index (χ3v) is 7.80. The van der Waals surface area contributed by atoms with Gasteiger partial charge in [0.2, 0.25) is 11.8 Å². The fourth-order valence-corrected chi connectivity index (χ4v) is 6.02. The molecule has 5 aliphatic rings. The van der Waals surface area contributed by atoms with Crippen molar-refractivity contribution in [3.63, 3.8) is 0 Å². The number of Topliss-reactive ketones (excluding diaryl/α,β-unsaturated/α-hetero) is 1. The van der Waals surface area contributed by atoms with Gasteiger partial charge in [-0.2, -0.15) is 0 Å². The van der Waals surface area contributed by atoms with Gasteiger partial charge in [-0.05, 0) is 67.2 Å². The first-order valence-corrected chi connectivity index (χ1v) is 11.8. The van der Waals surface area contributed by atoms with Crippen molar-refractivity contribution < 1.29 is 23.9 Å². The molecular weight excluding hydrogens is 430 g/mol. The Labute approximate surface area is 191 Å². The Morgan fingerprint density at radius 3 is 2.19 bits per heavy atom. The molecule has 168 valence electrons. The van der Waals surface area contributed by atoms with E-state index in [1.165, 1.54) is 4.90 Å². The van der Waals surface area contributed by atoms with Crippen molar-refractivity contribution in [2.24, 2.45) is 35.5 Å². The van der Waals surface area contributed by atoms with Crippen LogP contribution in [0.4, 0.5) is 0 Å². The van der Waals surface area contributed by atoms with Crippen molar-refractivity contribution in [1.82, 2.24) is 4.90 Å². The number of carbonyl (C=O) groups excluding carboxylic acids is 4. The van der Waals surface area contributed by atoms with Gasteiger partial charge in [-0.1, -0.05) is 30.2 Å². The molecule has 1 aliphatic heterocycles. The van der Waals surface area contributed by atoms with Crippen molar-refractivity contribution >= 4 is 35.2 Å². The van der Waals surface area contributed by atoms with E-state index in [1.807, 2.05) is 0 Å². The smallest absolute Gasteiger partial charge is 0.306 e. The zero-order valence-electron chi connectivity index (χ0n) is 17.7. The van der Waals surface area contributed by atoms with Crippen LogP contribution in [0.15, 0.2) is 36.4 Å². The van der Waals surface area contributed by atoms with Crippen molar-refractivity contribution in [3.8, 4) is 0 Å². The summed E-state index contributed by atoms with van der Waals surface area (Å²) in [6, 6.07) is 6.43. The summed E-state index contributed by atoms with van der Waals surface area (Å²) in [5.74, 6) is 0.750. The highest BCUT2D eigenvalue weighted by Crippen LogP contribution is 2.65. The fourth-order valence-electron chi connectivity index (χ4n) is 5.89. The first-order chi connectivity index (χ1) is 15.5. The summed E-state index contributed by atoms with van der Waals surface area (Å²) in [5, 5.41) is 0.537. The van der Waals surface area contributed by atoms with Gasteiger partial charge in [-0.25, -0.2) is 0 Å². The maximum Gasteiger partial charge on any atom is 0.306 e. The van der Waals surface area contributed by atoms with E-state index in [9.17, 15) is 19.2 Å². The van der Waals surface area contributed by atoms with Crippen LogP contribution in [0.1, 0.15) is 42.5 Å². The van der Waals surface area contributed by atoms with E-state index in [-0.39, 0.29) is 54.3 Å². The number of hydrogen-bond acceptors (Lipinski definition) is 5. The van der Waals surface area contributed by atoms with E-state index in [2.05, 4.69) is 12.2 Å². The molecule has 2 saturated carbocycles. The van der Waals surface area contributed by atoms with E-state index in [1.54, 1.807) is 24.3 Å². The molecule has 2 amide bonds. The van der Waals surface area contributed by atoms with Crippen LogP contribution in [-0.2, 0) is 19.1 Å². The van der Waals surface area contributed by atoms with Gasteiger partial charge in [0.15, 0.2) is 12.4 Å². The number of allylic oxidation sites excluding steroid dienone is 2. The summed E-state index contributed by atoms with van der Waals surface area (Å²) in [6.07, 6.45) is 7.70. The molecule has 1 saturated heterocycles. The molecule has 3 fully saturated rings. The van der Waals surface area contributed by atoms with Gasteiger partial charge < -0.3 is 4.74 Å². The molecule has 1 aromatic carbocycles. The molecular formula is C25H26ClNO5. The third-order valence-electron chi connectivity index (χ3n) is 7.55. The van der Waals surface area contributed by atoms with Crippen molar-refractivity contribution in [2.75, 3.05) is 13.2 Å². The SMILES string of the molecule is O=C(CCCCCN1C(=O)[C@@H]2[C@H]3C=C[C@H]([C@H]4C[C@H]34)[C@@H]2C1=O)OCC(=O)c1ccc(Cl)cc1. The second-order valence-corrected chi connectivity index (χ2v) is 9.82. The molecule has 1 aromatic rings. The van der Waals surface area contributed by atoms with Crippen LogP contribution >= 0.6 is 11.6 Å². The minimum atomic E-state index is -0.423. The first-order valence-electron chi connectivity index (χ1n) is 11.4. The van der Waals surface area contributed by atoms with Crippen LogP contribution in [-0.4, -0.2) is 41.6 Å². The topological polar surface area (TPSA) is 80.8 Å². The molecule has 7 heteroatoms. The number of ketones is 1. The standard InChI is InChI=1S/C25H26ClNO5/c26-15-7-5-14(6-8-15)20(28)13-32-21(29)4-2-1-3-11-27-24(30)22-16-9-10-17(19-12-18(16)19)23(22)25(27)31/h5-10,16-19,22-23H,1-4,11-13H2/t16-,17+,18-,19-,22+,23-/m1/s1. The van der Waals surface area contributed by atoms with Gasteiger partial charge in [0.05, 0.1) is 11.8 Å². The maximum absolute atomic E-state index is 12.9. The average Bonchev–Trinajstić information content (AvgIpc) is 3.57. The molecule has 6 nitrogen and oxygen atoms in total. The van der Waals surface area contributed by atoms with E-state index >= 15 is 0 Å². The number of likely N-dealkylation sites (tertiary alicyclic amines) is 1. The molecule has 0 aromatic heterocycles. The lowest BCUT2D eigenvalue weighted by Crippen LogP contribution is -2.40. The second kappa shape index (κ2) is 8.47. The van der Waals surface area contributed by atoms with Crippen LogP contribution in [0.3, 0.4) is 0 Å². The Bertz CT molecular complexity index is 951. The van der Waals surface area contributed by atoms with Crippen LogP contribution in [0.5, 0.6) is 0 Å². The van der Waals surface area contributed by atoms with E-state index in [4.69, 9.17) is 16.3 Å². The highest BCUT2D eigenvalue weighted by Gasteiger charge is 2.66. The van der Waals surface area contributed by atoms with Crippen molar-refractivity contribution in [1.29, 1.82) is 0 Å². The number of halogens is 1. The lowest BCUT2D eigenvalue weighted by molar-refractivity contribution is -0.143. The number of amides is 2. The quantitative estimate of drug-likeness (QED) is 0.186. The Kier molecular flexibility index (Phi) is 5.66. The summed E-state index contributed by atoms with van der Waals surface area (Å²) in [4.78, 5) is 51.3. The normalized spacial score (nSPS) is 31.5. The predicted molar refractivity (Wildman–Crippen MR) is 117 cm³/mol. The number of unbranched alkanes of at least 4 members (excludes halogenated alkanes) is 2. The zero-order chi connectivity index (χ0) is 22.4. The van der Waals surface area contributed by atoms with Crippen molar-refractivity contribution in [2.45, 2.75) is 32.1 Å². The molecule has 6 atom stereocenters. The van der Waals surface area contributed by atoms with Gasteiger partial charge in [0.25, 0.3) is 0 Å². The summed E-state index contributed by atoms with van der Waals surface area (Å²) < 4.78 is 5.06. The van der Waals surface area contributed by atoms with Crippen molar-refractivity contribution in [3.05, 3.63) is 47.0 Å². The highest BCUT2D eigenvalue weighted by atomic mass is 35.5. The summed E-state index contributed by atoms with van der Waals surface area (Å²) in [7, 11) is 0. The molecule has 6 rings (SSSR count). The van der Waals surface area contributed by atoms with Crippen LogP contribution in [0.2, 0.25) is 5.02 Å². The Hall–Kier alpha value is -2.47. The molecule has 2 bridgehead atoms. The summed E-state index contributed by atoms with van der Waals surface area (Å²) in [6.45, 7) is 0.127.